The molecule has 2 aromatic carbocycles. The van der Waals surface area contributed by atoms with Gasteiger partial charge >= 0.3 is 0 Å². The number of phenolic OH excluding ortho intramolecular Hbond substituents is 1. The van der Waals surface area contributed by atoms with E-state index in [1.54, 1.807) is 24.5 Å². The molecule has 11 heteroatoms. The lowest BCUT2D eigenvalue weighted by molar-refractivity contribution is 0.133. The Morgan fingerprint density at radius 3 is 2.59 bits per heavy atom. The molecule has 1 saturated carbocycles. The average molecular weight is 628 g/mol. The largest absolute Gasteiger partial charge is 0.508 e. The summed E-state index contributed by atoms with van der Waals surface area (Å²) in [5, 5.41) is 16.0. The van der Waals surface area contributed by atoms with Crippen LogP contribution in [0.25, 0.3) is 21.9 Å². The number of anilines is 1. The van der Waals surface area contributed by atoms with Crippen LogP contribution >= 0.6 is 0 Å². The molecular weight excluding hydrogens is 585 g/mol. The third kappa shape index (κ3) is 5.07. The summed E-state index contributed by atoms with van der Waals surface area (Å²) < 4.78 is 29.3. The van der Waals surface area contributed by atoms with E-state index >= 15 is 0 Å². The SMILES string of the molecule is CCc1c(F)ccc2cc(O)cc(Cn3cnc4c(OCC5(CN6C[C@H]7COC[C@H]7C6)CC5)nc(N5C[C@H]6CC[C@@H](C5)N6)nc43)c12. The van der Waals surface area contributed by atoms with Gasteiger partial charge in [-0.15, -0.1) is 0 Å². The van der Waals surface area contributed by atoms with Gasteiger partial charge in [-0.1, -0.05) is 13.0 Å². The van der Waals surface area contributed by atoms with Gasteiger partial charge in [-0.3, -0.25) is 0 Å². The Hall–Kier alpha value is -3.54. The highest BCUT2D eigenvalue weighted by molar-refractivity contribution is 5.90. The lowest BCUT2D eigenvalue weighted by Gasteiger charge is -2.33. The predicted molar refractivity (Wildman–Crippen MR) is 173 cm³/mol. The molecule has 1 aliphatic carbocycles. The molecule has 9 rings (SSSR count). The minimum Gasteiger partial charge on any atom is -0.508 e. The van der Waals surface area contributed by atoms with E-state index in [-0.39, 0.29) is 17.0 Å². The van der Waals surface area contributed by atoms with Crippen molar-refractivity contribution in [2.75, 3.05) is 57.4 Å². The molecule has 5 aliphatic rings. The number of fused-ring (bicyclic) bond motifs is 5. The highest BCUT2D eigenvalue weighted by Crippen LogP contribution is 2.48. The number of rotatable bonds is 9. The van der Waals surface area contributed by atoms with Gasteiger partial charge in [-0.25, -0.2) is 9.37 Å². The Balaban J connectivity index is 1.05. The first-order chi connectivity index (χ1) is 22.4. The molecule has 0 unspecified atom stereocenters. The van der Waals surface area contributed by atoms with Crippen molar-refractivity contribution in [3.63, 3.8) is 0 Å². The summed E-state index contributed by atoms with van der Waals surface area (Å²) in [7, 11) is 0. The number of aromatic hydroxyl groups is 1. The molecule has 10 nitrogen and oxygen atoms in total. The number of halogens is 1. The normalized spacial score (nSPS) is 26.8. The van der Waals surface area contributed by atoms with E-state index in [1.807, 2.05) is 11.5 Å². The Morgan fingerprint density at radius 1 is 1.07 bits per heavy atom. The lowest BCUT2D eigenvalue weighted by Crippen LogP contribution is -2.51. The number of imidazole rings is 1. The van der Waals surface area contributed by atoms with Crippen molar-refractivity contribution in [1.82, 2.24) is 29.7 Å². The van der Waals surface area contributed by atoms with E-state index in [2.05, 4.69) is 15.1 Å². The fraction of sp³-hybridized carbons (Fsp3) is 0.571. The number of piperazine rings is 1. The van der Waals surface area contributed by atoms with Crippen molar-refractivity contribution < 1.29 is 19.0 Å². The minimum absolute atomic E-state index is 0.148. The molecule has 0 spiro atoms. The Morgan fingerprint density at radius 2 is 1.85 bits per heavy atom. The molecule has 0 radical (unpaired) electrons. The maximum atomic E-state index is 14.9. The number of hydrogen-bond acceptors (Lipinski definition) is 9. The molecule has 2 bridgehead atoms. The molecule has 4 atom stereocenters. The second-order valence-electron chi connectivity index (χ2n) is 14.5. The van der Waals surface area contributed by atoms with Gasteiger partial charge in [-0.05, 0) is 72.2 Å². The Kier molecular flexibility index (Phi) is 6.87. The standard InChI is InChI=1S/C35H42FN7O3/c1-2-28-29(36)6-3-21-9-27(44)10-22(30(21)28)13-43-20-37-31-32(43)39-34(42-14-25-4-5-26(15-42)38-25)40-33(31)46-19-35(7-8-35)18-41-11-23-16-45-17-24(23)12-41/h3,6,9-10,20,23-26,38,44H,2,4-5,7-8,11-19H2,1H3/t23-,24+,25-,26+. The topological polar surface area (TPSA) is 101 Å². The number of phenols is 1. The molecular formula is C35H42FN7O3. The summed E-state index contributed by atoms with van der Waals surface area (Å²) in [6.07, 6.45) is 6.97. The number of aromatic nitrogens is 4. The van der Waals surface area contributed by atoms with Crippen LogP contribution in [0.15, 0.2) is 30.6 Å². The van der Waals surface area contributed by atoms with Crippen LogP contribution in [0.5, 0.6) is 11.6 Å². The summed E-state index contributed by atoms with van der Waals surface area (Å²) in [6.45, 7) is 9.76. The number of benzene rings is 2. The van der Waals surface area contributed by atoms with Crippen LogP contribution in [0, 0.1) is 23.1 Å². The minimum atomic E-state index is -0.231. The van der Waals surface area contributed by atoms with Crippen molar-refractivity contribution in [3.8, 4) is 11.6 Å². The summed E-state index contributed by atoms with van der Waals surface area (Å²) in [6, 6.07) is 7.53. The summed E-state index contributed by atoms with van der Waals surface area (Å²) >= 11 is 0. The maximum absolute atomic E-state index is 14.9. The fourth-order valence-corrected chi connectivity index (χ4v) is 8.61. The Bertz CT molecular complexity index is 1780. The molecule has 2 aromatic heterocycles. The van der Waals surface area contributed by atoms with Gasteiger partial charge in [0.25, 0.3) is 0 Å². The van der Waals surface area contributed by atoms with Crippen molar-refractivity contribution in [3.05, 3.63) is 47.5 Å². The number of likely N-dealkylation sites (tertiary alicyclic amines) is 1. The van der Waals surface area contributed by atoms with E-state index in [9.17, 15) is 9.50 Å². The van der Waals surface area contributed by atoms with E-state index in [0.29, 0.717) is 72.0 Å². The highest BCUT2D eigenvalue weighted by atomic mass is 19.1. The van der Waals surface area contributed by atoms with Gasteiger partial charge in [-0.2, -0.15) is 9.97 Å². The second kappa shape index (κ2) is 11.0. The zero-order valence-corrected chi connectivity index (χ0v) is 26.4. The summed E-state index contributed by atoms with van der Waals surface area (Å²) in [5.41, 5.74) is 2.95. The molecule has 4 aliphatic heterocycles. The van der Waals surface area contributed by atoms with Crippen LogP contribution in [-0.2, 0) is 17.7 Å². The smallest absolute Gasteiger partial charge is 0.247 e. The zero-order valence-electron chi connectivity index (χ0n) is 26.4. The van der Waals surface area contributed by atoms with E-state index in [0.717, 1.165) is 75.1 Å². The number of hydrogen-bond donors (Lipinski definition) is 2. The molecule has 2 N–H and O–H groups in total. The number of nitrogens with zero attached hydrogens (tertiary/aromatic N) is 6. The van der Waals surface area contributed by atoms with Gasteiger partial charge in [0.05, 0.1) is 32.7 Å². The quantitative estimate of drug-likeness (QED) is 0.284. The van der Waals surface area contributed by atoms with Crippen molar-refractivity contribution in [1.29, 1.82) is 0 Å². The monoisotopic (exact) mass is 627 g/mol. The van der Waals surface area contributed by atoms with Crippen LogP contribution in [-0.4, -0.2) is 94.2 Å². The van der Waals surface area contributed by atoms with E-state index in [4.69, 9.17) is 24.4 Å². The van der Waals surface area contributed by atoms with Crippen LogP contribution in [0.3, 0.4) is 0 Å². The molecule has 242 valence electrons. The average Bonchev–Trinajstić information content (AvgIpc) is 3.36. The van der Waals surface area contributed by atoms with Crippen molar-refractivity contribution in [2.45, 2.75) is 57.7 Å². The first-order valence-corrected chi connectivity index (χ1v) is 17.0. The van der Waals surface area contributed by atoms with Gasteiger partial charge in [0.15, 0.2) is 11.2 Å². The van der Waals surface area contributed by atoms with E-state index < -0.39 is 0 Å². The highest BCUT2D eigenvalue weighted by Gasteiger charge is 2.48. The summed E-state index contributed by atoms with van der Waals surface area (Å²) in [5.74, 6) is 2.47. The van der Waals surface area contributed by atoms with Crippen LogP contribution in [0.2, 0.25) is 0 Å². The van der Waals surface area contributed by atoms with Crippen LogP contribution < -0.4 is 15.0 Å². The Labute approximate surface area is 267 Å². The number of aryl methyl sites for hydroxylation is 1. The molecule has 6 heterocycles. The third-order valence-electron chi connectivity index (χ3n) is 11.2. The maximum Gasteiger partial charge on any atom is 0.247 e. The van der Waals surface area contributed by atoms with Gasteiger partial charge in [0.1, 0.15) is 11.6 Å². The molecule has 4 aromatic rings. The van der Waals surface area contributed by atoms with Crippen molar-refractivity contribution in [2.24, 2.45) is 17.3 Å². The predicted octanol–water partition coefficient (Wildman–Crippen LogP) is 4.11. The van der Waals surface area contributed by atoms with Crippen LogP contribution in [0.4, 0.5) is 10.3 Å². The number of ether oxygens (including phenoxy) is 2. The second-order valence-corrected chi connectivity index (χ2v) is 14.5. The molecule has 0 amide bonds. The number of nitrogens with one attached hydrogen (secondary N) is 1. The molecule has 46 heavy (non-hydrogen) atoms. The van der Waals surface area contributed by atoms with Gasteiger partial charge in [0.2, 0.25) is 11.8 Å². The van der Waals surface area contributed by atoms with Crippen LogP contribution in [0.1, 0.15) is 43.7 Å². The van der Waals surface area contributed by atoms with E-state index in [1.165, 1.54) is 18.9 Å². The van der Waals surface area contributed by atoms with Gasteiger partial charge < -0.3 is 34.3 Å². The molecule has 4 saturated heterocycles. The first-order valence-electron chi connectivity index (χ1n) is 17.0. The third-order valence-corrected chi connectivity index (χ3v) is 11.2. The zero-order chi connectivity index (χ0) is 31.0. The summed E-state index contributed by atoms with van der Waals surface area (Å²) in [4.78, 5) is 19.8. The molecule has 5 fully saturated rings. The first kappa shape index (κ1) is 28.7. The fourth-order valence-electron chi connectivity index (χ4n) is 8.61. The van der Waals surface area contributed by atoms with Crippen molar-refractivity contribution >= 4 is 27.9 Å². The van der Waals surface area contributed by atoms with Gasteiger partial charge in [0, 0.05) is 62.1 Å². The lowest BCUT2D eigenvalue weighted by atomic mass is 9.96.